The SMILES string of the molecule is CC(C)(C)OC(=O)N1CCO[C@@H]2CC(CO)C[C@H]21. The molecule has 1 saturated carbocycles. The number of morpholine rings is 1. The van der Waals surface area contributed by atoms with Crippen LogP contribution in [0.4, 0.5) is 4.79 Å². The lowest BCUT2D eigenvalue weighted by atomic mass is 10.1. The third kappa shape index (κ3) is 2.95. The fourth-order valence-electron chi connectivity index (χ4n) is 2.75. The maximum Gasteiger partial charge on any atom is 0.410 e. The Hall–Kier alpha value is -0.810. The predicted octanol–water partition coefficient (Wildman–Crippen LogP) is 1.39. The Morgan fingerprint density at radius 2 is 2.17 bits per heavy atom. The topological polar surface area (TPSA) is 59.0 Å². The highest BCUT2D eigenvalue weighted by atomic mass is 16.6. The van der Waals surface area contributed by atoms with Crippen molar-refractivity contribution in [1.82, 2.24) is 4.90 Å². The predicted molar refractivity (Wildman–Crippen MR) is 66.3 cm³/mol. The maximum atomic E-state index is 12.1. The summed E-state index contributed by atoms with van der Waals surface area (Å²) in [6.45, 7) is 6.90. The summed E-state index contributed by atoms with van der Waals surface area (Å²) >= 11 is 0. The zero-order valence-electron chi connectivity index (χ0n) is 11.4. The van der Waals surface area contributed by atoms with Crippen molar-refractivity contribution >= 4 is 6.09 Å². The Balaban J connectivity index is 2.02. The van der Waals surface area contributed by atoms with Gasteiger partial charge in [-0.05, 0) is 39.5 Å². The molecule has 3 atom stereocenters. The van der Waals surface area contributed by atoms with Gasteiger partial charge in [-0.3, -0.25) is 0 Å². The van der Waals surface area contributed by atoms with Gasteiger partial charge in [-0.1, -0.05) is 0 Å². The van der Waals surface area contributed by atoms with E-state index < -0.39 is 5.60 Å². The number of rotatable bonds is 1. The smallest absolute Gasteiger partial charge is 0.410 e. The Kier molecular flexibility index (Phi) is 3.82. The summed E-state index contributed by atoms with van der Waals surface area (Å²) in [6.07, 6.45) is 1.43. The minimum Gasteiger partial charge on any atom is -0.444 e. The normalized spacial score (nSPS) is 32.2. The molecule has 1 amide bonds. The number of carbonyl (C=O) groups is 1. The van der Waals surface area contributed by atoms with E-state index >= 15 is 0 Å². The van der Waals surface area contributed by atoms with Gasteiger partial charge in [-0.2, -0.15) is 0 Å². The van der Waals surface area contributed by atoms with Gasteiger partial charge < -0.3 is 19.5 Å². The number of hydrogen-bond acceptors (Lipinski definition) is 4. The minimum atomic E-state index is -0.472. The molecule has 1 aliphatic heterocycles. The zero-order chi connectivity index (χ0) is 13.3. The number of fused-ring (bicyclic) bond motifs is 1. The maximum absolute atomic E-state index is 12.1. The molecule has 0 bridgehead atoms. The average Bonchev–Trinajstić information content (AvgIpc) is 2.68. The van der Waals surface area contributed by atoms with E-state index in [2.05, 4.69) is 0 Å². The number of nitrogens with zero attached hydrogens (tertiary/aromatic N) is 1. The average molecular weight is 257 g/mol. The monoisotopic (exact) mass is 257 g/mol. The lowest BCUT2D eigenvalue weighted by Gasteiger charge is -2.38. The van der Waals surface area contributed by atoms with Crippen molar-refractivity contribution < 1.29 is 19.4 Å². The van der Waals surface area contributed by atoms with Gasteiger partial charge in [-0.15, -0.1) is 0 Å². The van der Waals surface area contributed by atoms with Crippen LogP contribution in [0, 0.1) is 5.92 Å². The van der Waals surface area contributed by atoms with Crippen LogP contribution in [0.15, 0.2) is 0 Å². The van der Waals surface area contributed by atoms with Crippen molar-refractivity contribution in [3.05, 3.63) is 0 Å². The molecule has 1 N–H and O–H groups in total. The molecule has 18 heavy (non-hydrogen) atoms. The Bertz CT molecular complexity index is 313. The van der Waals surface area contributed by atoms with Gasteiger partial charge in [0.2, 0.25) is 0 Å². The molecule has 5 nitrogen and oxygen atoms in total. The van der Waals surface area contributed by atoms with Crippen molar-refractivity contribution in [3.63, 3.8) is 0 Å². The highest BCUT2D eigenvalue weighted by molar-refractivity contribution is 5.68. The van der Waals surface area contributed by atoms with Gasteiger partial charge in [0.1, 0.15) is 5.60 Å². The molecule has 104 valence electrons. The Labute approximate surface area is 108 Å². The number of ether oxygens (including phenoxy) is 2. The first kappa shape index (κ1) is 13.6. The lowest BCUT2D eigenvalue weighted by molar-refractivity contribution is -0.0635. The highest BCUT2D eigenvalue weighted by Gasteiger charge is 2.43. The summed E-state index contributed by atoms with van der Waals surface area (Å²) in [6, 6.07) is 0.0609. The molecule has 2 aliphatic rings. The highest BCUT2D eigenvalue weighted by Crippen LogP contribution is 2.34. The van der Waals surface area contributed by atoms with E-state index in [1.807, 2.05) is 20.8 Å². The third-order valence-electron chi connectivity index (χ3n) is 3.52. The molecule has 1 heterocycles. The van der Waals surface area contributed by atoms with Crippen LogP contribution in [0.1, 0.15) is 33.6 Å². The van der Waals surface area contributed by atoms with Crippen LogP contribution in [-0.2, 0) is 9.47 Å². The van der Waals surface area contributed by atoms with Crippen LogP contribution in [0.5, 0.6) is 0 Å². The molecule has 0 radical (unpaired) electrons. The number of carbonyl (C=O) groups excluding carboxylic acids is 1. The molecule has 0 spiro atoms. The van der Waals surface area contributed by atoms with Gasteiger partial charge in [0.25, 0.3) is 0 Å². The van der Waals surface area contributed by atoms with Crippen LogP contribution in [-0.4, -0.2) is 53.6 Å². The molecule has 1 saturated heterocycles. The van der Waals surface area contributed by atoms with Gasteiger partial charge in [-0.25, -0.2) is 4.79 Å². The lowest BCUT2D eigenvalue weighted by Crippen LogP contribution is -2.52. The summed E-state index contributed by atoms with van der Waals surface area (Å²) in [7, 11) is 0. The van der Waals surface area contributed by atoms with Gasteiger partial charge >= 0.3 is 6.09 Å². The van der Waals surface area contributed by atoms with E-state index in [1.54, 1.807) is 4.90 Å². The molecule has 1 unspecified atom stereocenters. The summed E-state index contributed by atoms with van der Waals surface area (Å²) in [4.78, 5) is 13.9. The van der Waals surface area contributed by atoms with Gasteiger partial charge in [0.15, 0.2) is 0 Å². The standard InChI is InChI=1S/C13H23NO4/c1-13(2,3)18-12(16)14-4-5-17-11-7-9(8-15)6-10(11)14/h9-11,15H,4-8H2,1-3H3/t9?,10-,11-/m1/s1. The third-order valence-corrected chi connectivity index (χ3v) is 3.52. The van der Waals surface area contributed by atoms with Gasteiger partial charge in [0, 0.05) is 13.2 Å². The Morgan fingerprint density at radius 3 is 2.78 bits per heavy atom. The van der Waals surface area contributed by atoms with Gasteiger partial charge in [0.05, 0.1) is 18.8 Å². The molecule has 2 fully saturated rings. The summed E-state index contributed by atoms with van der Waals surface area (Å²) in [5, 5.41) is 9.23. The second-order valence-electron chi connectivity index (χ2n) is 6.17. The molecule has 1 aliphatic carbocycles. The summed E-state index contributed by atoms with van der Waals surface area (Å²) in [5.41, 5.74) is -0.472. The first-order valence-corrected chi connectivity index (χ1v) is 6.63. The molecule has 2 rings (SSSR count). The fourth-order valence-corrected chi connectivity index (χ4v) is 2.75. The van der Waals surface area contributed by atoms with Crippen LogP contribution >= 0.6 is 0 Å². The van der Waals surface area contributed by atoms with E-state index in [4.69, 9.17) is 9.47 Å². The largest absolute Gasteiger partial charge is 0.444 e. The number of hydrogen-bond donors (Lipinski definition) is 1. The molecule has 0 aromatic carbocycles. The Morgan fingerprint density at radius 1 is 1.44 bits per heavy atom. The van der Waals surface area contributed by atoms with Crippen LogP contribution in [0.3, 0.4) is 0 Å². The quantitative estimate of drug-likeness (QED) is 0.771. The number of aliphatic hydroxyl groups is 1. The van der Waals surface area contributed by atoms with E-state index in [0.29, 0.717) is 13.2 Å². The first-order chi connectivity index (χ1) is 8.40. The van der Waals surface area contributed by atoms with Crippen molar-refractivity contribution in [3.8, 4) is 0 Å². The number of aliphatic hydroxyl groups excluding tert-OH is 1. The van der Waals surface area contributed by atoms with Crippen molar-refractivity contribution in [1.29, 1.82) is 0 Å². The molecular weight excluding hydrogens is 234 g/mol. The number of amides is 1. The minimum absolute atomic E-state index is 0.0587. The first-order valence-electron chi connectivity index (χ1n) is 6.63. The second kappa shape index (κ2) is 5.05. The van der Waals surface area contributed by atoms with Crippen molar-refractivity contribution in [2.75, 3.05) is 19.8 Å². The second-order valence-corrected chi connectivity index (χ2v) is 6.17. The molecule has 0 aromatic rings. The van der Waals surface area contributed by atoms with Crippen LogP contribution in [0.25, 0.3) is 0 Å². The summed E-state index contributed by atoms with van der Waals surface area (Å²) in [5.74, 6) is 0.239. The van der Waals surface area contributed by atoms with Crippen molar-refractivity contribution in [2.24, 2.45) is 5.92 Å². The van der Waals surface area contributed by atoms with Crippen molar-refractivity contribution in [2.45, 2.75) is 51.4 Å². The summed E-state index contributed by atoms with van der Waals surface area (Å²) < 4.78 is 11.1. The molecular formula is C13H23NO4. The van der Waals surface area contributed by atoms with E-state index in [1.165, 1.54) is 0 Å². The zero-order valence-corrected chi connectivity index (χ0v) is 11.4. The van der Waals surface area contributed by atoms with E-state index in [-0.39, 0.29) is 30.8 Å². The van der Waals surface area contributed by atoms with E-state index in [9.17, 15) is 9.90 Å². The van der Waals surface area contributed by atoms with Crippen LogP contribution < -0.4 is 0 Å². The molecule has 5 heteroatoms. The fraction of sp³-hybridized carbons (Fsp3) is 0.923. The van der Waals surface area contributed by atoms with E-state index in [0.717, 1.165) is 12.8 Å². The van der Waals surface area contributed by atoms with Crippen LogP contribution in [0.2, 0.25) is 0 Å². The molecule has 0 aromatic heterocycles.